The molecule has 2 N–H and O–H groups in total. The molecule has 0 heterocycles. The topological polar surface area (TPSA) is 118 Å². The van der Waals surface area contributed by atoms with Crippen LogP contribution in [0.15, 0.2) is 34.1 Å². The van der Waals surface area contributed by atoms with E-state index in [1.165, 1.54) is 13.8 Å². The molecule has 1 rings (SSSR count). The molecule has 0 radical (unpaired) electrons. The van der Waals surface area contributed by atoms with Gasteiger partial charge in [0.05, 0.1) is 4.90 Å². The van der Waals surface area contributed by atoms with Gasteiger partial charge in [0.15, 0.2) is 0 Å². The predicted molar refractivity (Wildman–Crippen MR) is 76.2 cm³/mol. The smallest absolute Gasteiger partial charge is 0.341 e. The summed E-state index contributed by atoms with van der Waals surface area (Å²) in [5.74, 6) is -5.93. The molecule has 1 atom stereocenters. The maximum atomic E-state index is 12.7. The quantitative estimate of drug-likeness (QED) is 0.740. The molecule has 0 aromatic heterocycles. The van der Waals surface area contributed by atoms with Gasteiger partial charge in [-0.1, -0.05) is 26.0 Å². The second-order valence-electron chi connectivity index (χ2n) is 4.93. The van der Waals surface area contributed by atoms with Crippen molar-refractivity contribution in [2.24, 2.45) is 5.92 Å². The number of aliphatic carboxylic acids is 1. The second kappa shape index (κ2) is 6.89. The van der Waals surface area contributed by atoms with Gasteiger partial charge >= 0.3 is 11.7 Å². The van der Waals surface area contributed by atoms with Crippen LogP contribution in [0.25, 0.3) is 0 Å². The highest BCUT2D eigenvalue weighted by molar-refractivity contribution is 7.94. The van der Waals surface area contributed by atoms with E-state index in [1.807, 2.05) is 4.72 Å². The molecule has 0 aliphatic rings. The predicted octanol–water partition coefficient (Wildman–Crippen LogP) is 1.07. The molecule has 0 spiro atoms. The molecule has 0 unspecified atom stereocenters. The van der Waals surface area contributed by atoms with Crippen LogP contribution in [0.4, 0.5) is 8.78 Å². The first kappa shape index (κ1) is 19.5. The Kier molecular flexibility index (Phi) is 5.83. The van der Waals surface area contributed by atoms with Gasteiger partial charge in [-0.3, -0.25) is 4.79 Å². The highest BCUT2D eigenvalue weighted by Gasteiger charge is 2.35. The van der Waals surface area contributed by atoms with Gasteiger partial charge in [-0.15, -0.1) is 0 Å². The van der Waals surface area contributed by atoms with Crippen LogP contribution in [0.5, 0.6) is 0 Å². The monoisotopic (exact) mass is 371 g/mol. The average molecular weight is 371 g/mol. The number of sulfonamides is 1. The van der Waals surface area contributed by atoms with Crippen LogP contribution in [-0.4, -0.2) is 39.7 Å². The molecule has 0 fully saturated rings. The third kappa shape index (κ3) is 4.24. The number of sulfone groups is 1. The number of halogens is 2. The molecule has 1 aromatic carbocycles. The Morgan fingerprint density at radius 3 is 1.96 bits per heavy atom. The summed E-state index contributed by atoms with van der Waals surface area (Å²) in [7, 11) is -9.81. The highest BCUT2D eigenvalue weighted by Crippen LogP contribution is 2.26. The van der Waals surface area contributed by atoms with Crippen LogP contribution >= 0.6 is 0 Å². The number of carbonyl (C=O) groups is 1. The van der Waals surface area contributed by atoms with Crippen LogP contribution in [0.1, 0.15) is 13.8 Å². The van der Waals surface area contributed by atoms with Gasteiger partial charge in [0.25, 0.3) is 0 Å². The molecule has 0 saturated carbocycles. The molecular formula is C12H15F2NO6S2. The Bertz CT molecular complexity index is 790. The second-order valence-corrected chi connectivity index (χ2v) is 8.50. The van der Waals surface area contributed by atoms with Crippen molar-refractivity contribution < 1.29 is 35.5 Å². The number of benzene rings is 1. The average Bonchev–Trinajstić information content (AvgIpc) is 2.44. The SMILES string of the molecule is CC(C)[C@H](NS(=O)(=O)c1ccccc1S(=O)(=O)C(F)F)C(=O)O. The molecular weight excluding hydrogens is 356 g/mol. The fraction of sp³-hybridized carbons (Fsp3) is 0.417. The Balaban J connectivity index is 3.45. The lowest BCUT2D eigenvalue weighted by atomic mass is 10.1. The van der Waals surface area contributed by atoms with Gasteiger partial charge in [-0.2, -0.15) is 13.5 Å². The normalized spacial score (nSPS) is 14.2. The van der Waals surface area contributed by atoms with Crippen LogP contribution in [0.3, 0.4) is 0 Å². The lowest BCUT2D eigenvalue weighted by Crippen LogP contribution is -2.44. The number of nitrogens with one attached hydrogen (secondary N) is 1. The van der Waals surface area contributed by atoms with Crippen LogP contribution in [0, 0.1) is 5.92 Å². The van der Waals surface area contributed by atoms with Gasteiger partial charge in [-0.25, -0.2) is 16.8 Å². The maximum absolute atomic E-state index is 12.7. The Morgan fingerprint density at radius 2 is 1.57 bits per heavy atom. The molecule has 0 bridgehead atoms. The van der Waals surface area contributed by atoms with Crippen molar-refractivity contribution >= 4 is 25.8 Å². The van der Waals surface area contributed by atoms with Crippen molar-refractivity contribution in [1.82, 2.24) is 4.72 Å². The summed E-state index contributed by atoms with van der Waals surface area (Å²) in [6, 6.07) is 2.23. The fourth-order valence-electron chi connectivity index (χ4n) is 1.71. The van der Waals surface area contributed by atoms with Crippen molar-refractivity contribution in [3.63, 3.8) is 0 Å². The number of carboxylic acids is 1. The third-order valence-electron chi connectivity index (χ3n) is 2.89. The van der Waals surface area contributed by atoms with Crippen molar-refractivity contribution in [2.75, 3.05) is 0 Å². The molecule has 130 valence electrons. The Hall–Kier alpha value is -1.59. The Labute approximate surface area is 132 Å². The zero-order chi connectivity index (χ0) is 18.0. The van der Waals surface area contributed by atoms with Gasteiger partial charge in [-0.05, 0) is 18.1 Å². The minimum atomic E-state index is -5.17. The molecule has 0 aliphatic heterocycles. The van der Waals surface area contributed by atoms with E-state index in [1.54, 1.807) is 0 Å². The molecule has 23 heavy (non-hydrogen) atoms. The van der Waals surface area contributed by atoms with Gasteiger partial charge < -0.3 is 5.11 Å². The number of rotatable bonds is 7. The Morgan fingerprint density at radius 1 is 1.09 bits per heavy atom. The standard InChI is InChI=1S/C12H15F2NO6S2/c1-7(2)10(11(16)17)15-23(20,21)9-6-4-3-5-8(9)22(18,19)12(13)14/h3-7,10,12,15H,1-2H3,(H,16,17)/t10-/m0/s1. The number of hydrogen-bond acceptors (Lipinski definition) is 5. The summed E-state index contributed by atoms with van der Waals surface area (Å²) in [4.78, 5) is 9.06. The van der Waals surface area contributed by atoms with Crippen molar-refractivity contribution in [2.45, 2.75) is 35.4 Å². The molecule has 0 amide bonds. The van der Waals surface area contributed by atoms with Crippen molar-refractivity contribution in [1.29, 1.82) is 0 Å². The fourth-order valence-corrected chi connectivity index (χ4v) is 4.62. The summed E-state index contributed by atoms with van der Waals surface area (Å²) in [6.07, 6.45) is 0. The van der Waals surface area contributed by atoms with Crippen LogP contribution in [-0.2, 0) is 24.7 Å². The molecule has 7 nitrogen and oxygen atoms in total. The van der Waals surface area contributed by atoms with E-state index in [2.05, 4.69) is 0 Å². The summed E-state index contributed by atoms with van der Waals surface area (Å²) in [6.45, 7) is 2.87. The van der Waals surface area contributed by atoms with E-state index >= 15 is 0 Å². The highest BCUT2D eigenvalue weighted by atomic mass is 32.2. The first-order valence-corrected chi connectivity index (χ1v) is 9.30. The largest absolute Gasteiger partial charge is 0.480 e. The van der Waals surface area contributed by atoms with E-state index in [9.17, 15) is 30.4 Å². The molecule has 11 heteroatoms. The third-order valence-corrected chi connectivity index (χ3v) is 5.96. The number of hydrogen-bond donors (Lipinski definition) is 2. The first-order valence-electron chi connectivity index (χ1n) is 6.27. The van der Waals surface area contributed by atoms with Gasteiger partial charge in [0.2, 0.25) is 19.9 Å². The molecule has 1 aromatic rings. The number of alkyl halides is 2. The van der Waals surface area contributed by atoms with E-state index < -0.39 is 53.3 Å². The summed E-state index contributed by atoms with van der Waals surface area (Å²) in [5, 5.41) is 9.01. The zero-order valence-corrected chi connectivity index (χ0v) is 13.7. The van der Waals surface area contributed by atoms with Gasteiger partial charge in [0, 0.05) is 0 Å². The maximum Gasteiger partial charge on any atom is 0.341 e. The van der Waals surface area contributed by atoms with E-state index in [4.69, 9.17) is 5.11 Å². The number of carboxylic acid groups (broad SMARTS) is 1. The van der Waals surface area contributed by atoms with Gasteiger partial charge in [0.1, 0.15) is 10.9 Å². The van der Waals surface area contributed by atoms with Crippen molar-refractivity contribution in [3.8, 4) is 0 Å². The van der Waals surface area contributed by atoms with E-state index in [0.29, 0.717) is 0 Å². The lowest BCUT2D eigenvalue weighted by molar-refractivity contribution is -0.140. The molecule has 0 aliphatic carbocycles. The zero-order valence-electron chi connectivity index (χ0n) is 12.1. The van der Waals surface area contributed by atoms with E-state index in [-0.39, 0.29) is 0 Å². The summed E-state index contributed by atoms with van der Waals surface area (Å²) < 4.78 is 74.9. The molecule has 0 saturated heterocycles. The summed E-state index contributed by atoms with van der Waals surface area (Å²) >= 11 is 0. The first-order chi connectivity index (χ1) is 10.4. The minimum Gasteiger partial charge on any atom is -0.480 e. The minimum absolute atomic E-state index is 0.652. The van der Waals surface area contributed by atoms with Crippen LogP contribution in [0.2, 0.25) is 0 Å². The van der Waals surface area contributed by atoms with Crippen LogP contribution < -0.4 is 4.72 Å². The lowest BCUT2D eigenvalue weighted by Gasteiger charge is -2.19. The van der Waals surface area contributed by atoms with E-state index in [0.717, 1.165) is 24.3 Å². The summed E-state index contributed by atoms with van der Waals surface area (Å²) in [5.41, 5.74) is 0. The van der Waals surface area contributed by atoms with Crippen molar-refractivity contribution in [3.05, 3.63) is 24.3 Å².